The minimum atomic E-state index is -4.73. The van der Waals surface area contributed by atoms with Crippen LogP contribution in [0, 0.1) is 11.3 Å². The van der Waals surface area contributed by atoms with Crippen LogP contribution in [0.2, 0.25) is 0 Å². The standard InChI is InChI=1S/C30H51N4O8P/c1-8-11-12-13-24(35)32-23(18-21-14-16-22(17-15-21)42-43(39,40)41)26(36)33-25(20(4)9-2)27(37)34-30(7,10-3)19-29(5,6)28(31)38/h14-17,20,23,25H,8-13,18-19H2,1-7H3,(H2,31,38)(H,32,35)(H,33,36)(H,34,37)(H2,39,40,41). The van der Waals surface area contributed by atoms with E-state index in [1.807, 2.05) is 34.6 Å². The Kier molecular flexibility index (Phi) is 14.9. The van der Waals surface area contributed by atoms with Crippen molar-refractivity contribution in [3.05, 3.63) is 29.8 Å². The van der Waals surface area contributed by atoms with E-state index in [9.17, 15) is 23.7 Å². The van der Waals surface area contributed by atoms with Crippen LogP contribution in [-0.2, 0) is 30.2 Å². The topological polar surface area (TPSA) is 197 Å². The Morgan fingerprint density at radius 2 is 1.58 bits per heavy atom. The molecule has 0 radical (unpaired) electrons. The molecule has 0 spiro atoms. The summed E-state index contributed by atoms with van der Waals surface area (Å²) in [5.74, 6) is -2.03. The summed E-state index contributed by atoms with van der Waals surface area (Å²) >= 11 is 0. The Morgan fingerprint density at radius 3 is 2.07 bits per heavy atom. The molecular formula is C30H51N4O8P. The van der Waals surface area contributed by atoms with E-state index in [2.05, 4.69) is 20.5 Å². The van der Waals surface area contributed by atoms with Crippen LogP contribution in [0.15, 0.2) is 24.3 Å². The summed E-state index contributed by atoms with van der Waals surface area (Å²) in [6, 6.07) is 3.87. The number of phosphoric acid groups is 1. The van der Waals surface area contributed by atoms with Gasteiger partial charge in [-0.3, -0.25) is 29.0 Å². The first-order valence-corrected chi connectivity index (χ1v) is 16.4. The van der Waals surface area contributed by atoms with Gasteiger partial charge in [-0.15, -0.1) is 0 Å². The van der Waals surface area contributed by atoms with Crippen LogP contribution in [0.25, 0.3) is 0 Å². The third kappa shape index (κ3) is 13.5. The number of amides is 4. The largest absolute Gasteiger partial charge is 0.524 e. The predicted molar refractivity (Wildman–Crippen MR) is 165 cm³/mol. The number of carbonyl (C=O) groups is 4. The number of rotatable bonds is 19. The van der Waals surface area contributed by atoms with E-state index in [0.29, 0.717) is 31.2 Å². The van der Waals surface area contributed by atoms with E-state index in [1.54, 1.807) is 26.0 Å². The molecule has 1 rings (SSSR count). The van der Waals surface area contributed by atoms with Gasteiger partial charge in [0.05, 0.1) is 0 Å². The highest BCUT2D eigenvalue weighted by molar-refractivity contribution is 7.46. The Hall–Kier alpha value is -2.95. The summed E-state index contributed by atoms with van der Waals surface area (Å²) in [7, 11) is -4.73. The fourth-order valence-corrected chi connectivity index (χ4v) is 5.12. The van der Waals surface area contributed by atoms with Gasteiger partial charge in [-0.05, 0) is 49.8 Å². The molecular weight excluding hydrogens is 575 g/mol. The van der Waals surface area contributed by atoms with Crippen LogP contribution >= 0.6 is 7.82 Å². The maximum atomic E-state index is 13.7. The monoisotopic (exact) mass is 626 g/mol. The first kappa shape index (κ1) is 38.1. The lowest BCUT2D eigenvalue weighted by molar-refractivity contribution is -0.134. The van der Waals surface area contributed by atoms with Crippen molar-refractivity contribution in [2.24, 2.45) is 17.1 Å². The van der Waals surface area contributed by atoms with E-state index in [1.165, 1.54) is 12.1 Å². The van der Waals surface area contributed by atoms with Crippen molar-refractivity contribution >= 4 is 31.5 Å². The second-order valence-corrected chi connectivity index (χ2v) is 13.4. The highest BCUT2D eigenvalue weighted by Crippen LogP contribution is 2.37. The molecule has 4 unspecified atom stereocenters. The number of unbranched alkanes of at least 4 members (excludes halogenated alkanes) is 2. The van der Waals surface area contributed by atoms with Crippen LogP contribution < -0.4 is 26.2 Å². The summed E-state index contributed by atoms with van der Waals surface area (Å²) in [6.07, 6.45) is 4.18. The maximum absolute atomic E-state index is 13.7. The molecule has 1 aromatic carbocycles. The highest BCUT2D eigenvalue weighted by atomic mass is 31.2. The molecule has 7 N–H and O–H groups in total. The Labute approximate surface area is 255 Å². The van der Waals surface area contributed by atoms with Gasteiger partial charge < -0.3 is 26.2 Å². The number of hydrogen-bond donors (Lipinski definition) is 6. The molecule has 13 heteroatoms. The molecule has 0 bridgehead atoms. The molecule has 12 nitrogen and oxygen atoms in total. The van der Waals surface area contributed by atoms with Crippen molar-refractivity contribution in [2.75, 3.05) is 0 Å². The summed E-state index contributed by atoms with van der Waals surface area (Å²) in [4.78, 5) is 70.1. The zero-order chi connectivity index (χ0) is 33.0. The first-order valence-electron chi connectivity index (χ1n) is 14.9. The van der Waals surface area contributed by atoms with E-state index < -0.39 is 48.6 Å². The average Bonchev–Trinajstić information content (AvgIpc) is 2.90. The van der Waals surface area contributed by atoms with Crippen molar-refractivity contribution in [1.82, 2.24) is 16.0 Å². The molecule has 0 aliphatic rings. The van der Waals surface area contributed by atoms with Crippen molar-refractivity contribution in [3.63, 3.8) is 0 Å². The summed E-state index contributed by atoms with van der Waals surface area (Å²) in [5.41, 5.74) is 4.55. The molecule has 244 valence electrons. The minimum absolute atomic E-state index is 0.0475. The SMILES string of the molecule is CCCCCC(=O)NC(Cc1ccc(OP(=O)(O)O)cc1)C(=O)NC(C(=O)NC(C)(CC)CC(C)(C)C(N)=O)C(C)CC. The molecule has 0 saturated heterocycles. The molecule has 0 saturated carbocycles. The zero-order valence-electron chi connectivity index (χ0n) is 26.6. The Bertz CT molecular complexity index is 1140. The number of phosphoric ester groups is 1. The second-order valence-electron chi connectivity index (χ2n) is 12.2. The number of primary amides is 1. The maximum Gasteiger partial charge on any atom is 0.524 e. The molecule has 0 fully saturated rings. The van der Waals surface area contributed by atoms with Gasteiger partial charge in [-0.1, -0.05) is 72.9 Å². The Balaban J connectivity index is 3.23. The van der Waals surface area contributed by atoms with E-state index in [4.69, 9.17) is 15.5 Å². The van der Waals surface area contributed by atoms with Gasteiger partial charge in [0, 0.05) is 23.8 Å². The van der Waals surface area contributed by atoms with Gasteiger partial charge in [0.2, 0.25) is 23.6 Å². The number of carbonyl (C=O) groups excluding carboxylic acids is 4. The smallest absolute Gasteiger partial charge is 0.404 e. The van der Waals surface area contributed by atoms with Gasteiger partial charge in [0.15, 0.2) is 0 Å². The molecule has 4 atom stereocenters. The molecule has 0 aliphatic carbocycles. The summed E-state index contributed by atoms with van der Waals surface area (Å²) in [5, 5.41) is 8.68. The average molecular weight is 627 g/mol. The number of nitrogens with two attached hydrogens (primary N) is 1. The van der Waals surface area contributed by atoms with E-state index in [-0.39, 0.29) is 30.4 Å². The third-order valence-electron chi connectivity index (χ3n) is 7.74. The number of nitrogens with one attached hydrogen (secondary N) is 3. The molecule has 43 heavy (non-hydrogen) atoms. The van der Waals surface area contributed by atoms with Gasteiger partial charge >= 0.3 is 7.82 Å². The van der Waals surface area contributed by atoms with Gasteiger partial charge in [0.1, 0.15) is 17.8 Å². The third-order valence-corrected chi connectivity index (χ3v) is 8.19. The van der Waals surface area contributed by atoms with Crippen LogP contribution in [0.3, 0.4) is 0 Å². The predicted octanol–water partition coefficient (Wildman–Crippen LogP) is 3.48. The molecule has 0 aliphatic heterocycles. The minimum Gasteiger partial charge on any atom is -0.404 e. The first-order chi connectivity index (χ1) is 19.9. The lowest BCUT2D eigenvalue weighted by Gasteiger charge is -2.38. The zero-order valence-corrected chi connectivity index (χ0v) is 27.5. The quantitative estimate of drug-likeness (QED) is 0.0991. The van der Waals surface area contributed by atoms with Crippen LogP contribution in [0.1, 0.15) is 99.0 Å². The fourth-order valence-electron chi connectivity index (χ4n) is 4.72. The lowest BCUT2D eigenvalue weighted by atomic mass is 9.77. The summed E-state index contributed by atoms with van der Waals surface area (Å²) in [6.45, 7) is 13.0. The van der Waals surface area contributed by atoms with Crippen molar-refractivity contribution in [3.8, 4) is 5.75 Å². The molecule has 0 heterocycles. The van der Waals surface area contributed by atoms with E-state index >= 15 is 0 Å². The number of benzene rings is 1. The van der Waals surface area contributed by atoms with Crippen LogP contribution in [0.5, 0.6) is 5.75 Å². The molecule has 1 aromatic rings. The normalized spacial score (nSPS) is 15.4. The second kappa shape index (κ2) is 16.8. The number of hydrogen-bond acceptors (Lipinski definition) is 6. The molecule has 4 amide bonds. The van der Waals surface area contributed by atoms with Gasteiger partial charge in [-0.25, -0.2) is 4.57 Å². The van der Waals surface area contributed by atoms with E-state index in [0.717, 1.165) is 12.8 Å². The lowest BCUT2D eigenvalue weighted by Crippen LogP contribution is -2.60. The van der Waals surface area contributed by atoms with Gasteiger partial charge in [0.25, 0.3) is 0 Å². The fraction of sp³-hybridized carbons (Fsp3) is 0.667. The van der Waals surface area contributed by atoms with Crippen LogP contribution in [-0.4, -0.2) is 51.0 Å². The van der Waals surface area contributed by atoms with Gasteiger partial charge in [-0.2, -0.15) is 0 Å². The Morgan fingerprint density at radius 1 is 0.977 bits per heavy atom. The van der Waals surface area contributed by atoms with Crippen molar-refractivity contribution in [2.45, 2.75) is 117 Å². The van der Waals surface area contributed by atoms with Crippen molar-refractivity contribution in [1.29, 1.82) is 0 Å². The summed E-state index contributed by atoms with van der Waals surface area (Å²) < 4.78 is 15.7. The molecule has 0 aromatic heterocycles. The highest BCUT2D eigenvalue weighted by Gasteiger charge is 2.38. The van der Waals surface area contributed by atoms with Crippen LogP contribution in [0.4, 0.5) is 0 Å². The van der Waals surface area contributed by atoms with Crippen molar-refractivity contribution < 1.29 is 38.1 Å².